The van der Waals surface area contributed by atoms with Crippen LogP contribution in [0.1, 0.15) is 36.7 Å². The average Bonchev–Trinajstić information content (AvgIpc) is 2.84. The minimum atomic E-state index is -0.323. The Balaban J connectivity index is 1.66. The third kappa shape index (κ3) is 6.47. The van der Waals surface area contributed by atoms with Gasteiger partial charge in [-0.1, -0.05) is 59.1 Å². The lowest BCUT2D eigenvalue weighted by atomic mass is 10.2. The van der Waals surface area contributed by atoms with Crippen molar-refractivity contribution in [1.29, 1.82) is 0 Å². The number of aryl methyl sites for hydroxylation is 1. The zero-order valence-electron chi connectivity index (χ0n) is 20.3. The highest BCUT2D eigenvalue weighted by Gasteiger charge is 2.16. The monoisotopic (exact) mass is 644 g/mol. The summed E-state index contributed by atoms with van der Waals surface area (Å²) in [5, 5.41) is 8.13. The molecule has 0 fully saturated rings. The van der Waals surface area contributed by atoms with Crippen LogP contribution in [0.2, 0.25) is 5.02 Å². The van der Waals surface area contributed by atoms with E-state index in [0.29, 0.717) is 43.2 Å². The molecule has 3 aromatic carbocycles. The SMILES string of the molecule is Cc1ccc(NC(=O)COc2c(Br)cc(Cl)cc2C=Nn2c(C(C)C)nc3ccc(Br)cc3c2=O)cc1. The molecule has 1 aromatic heterocycles. The van der Waals surface area contributed by atoms with Crippen LogP contribution in [0.3, 0.4) is 0 Å². The normalized spacial score (nSPS) is 11.4. The van der Waals surface area contributed by atoms with Crippen LogP contribution in [-0.4, -0.2) is 28.4 Å². The van der Waals surface area contributed by atoms with Crippen molar-refractivity contribution in [3.8, 4) is 5.75 Å². The van der Waals surface area contributed by atoms with E-state index in [1.165, 1.54) is 10.9 Å². The molecule has 0 spiro atoms. The minimum Gasteiger partial charge on any atom is -0.482 e. The van der Waals surface area contributed by atoms with E-state index in [0.717, 1.165) is 10.0 Å². The number of halogens is 3. The number of hydrogen-bond donors (Lipinski definition) is 1. The number of aromatic nitrogens is 2. The Kier molecular flexibility index (Phi) is 8.46. The molecule has 4 aromatic rings. The molecule has 37 heavy (non-hydrogen) atoms. The quantitative estimate of drug-likeness (QED) is 0.221. The van der Waals surface area contributed by atoms with Crippen LogP contribution in [0.5, 0.6) is 5.75 Å². The summed E-state index contributed by atoms with van der Waals surface area (Å²) in [7, 11) is 0. The molecule has 0 bridgehead atoms. The van der Waals surface area contributed by atoms with Gasteiger partial charge >= 0.3 is 0 Å². The van der Waals surface area contributed by atoms with Crippen LogP contribution in [-0.2, 0) is 4.79 Å². The number of benzene rings is 3. The van der Waals surface area contributed by atoms with Gasteiger partial charge in [0.2, 0.25) is 0 Å². The van der Waals surface area contributed by atoms with Gasteiger partial charge in [-0.2, -0.15) is 9.78 Å². The highest BCUT2D eigenvalue weighted by atomic mass is 79.9. The van der Waals surface area contributed by atoms with E-state index in [1.54, 1.807) is 24.3 Å². The molecule has 0 saturated heterocycles. The largest absolute Gasteiger partial charge is 0.482 e. The molecule has 0 atom stereocenters. The van der Waals surface area contributed by atoms with E-state index in [1.807, 2.05) is 51.1 Å². The molecule has 4 rings (SSSR count). The molecule has 7 nitrogen and oxygen atoms in total. The van der Waals surface area contributed by atoms with Gasteiger partial charge in [-0.15, -0.1) is 0 Å². The van der Waals surface area contributed by atoms with E-state index in [-0.39, 0.29) is 24.0 Å². The second kappa shape index (κ2) is 11.6. The predicted octanol–water partition coefficient (Wildman–Crippen LogP) is 6.91. The van der Waals surface area contributed by atoms with Crippen molar-refractivity contribution in [1.82, 2.24) is 9.66 Å². The first-order chi connectivity index (χ1) is 17.6. The highest BCUT2D eigenvalue weighted by molar-refractivity contribution is 9.10. The Morgan fingerprint density at radius 3 is 2.59 bits per heavy atom. The van der Waals surface area contributed by atoms with Crippen molar-refractivity contribution in [3.05, 3.63) is 95.9 Å². The van der Waals surface area contributed by atoms with Gasteiger partial charge in [0, 0.05) is 26.7 Å². The fourth-order valence-corrected chi connectivity index (χ4v) is 4.88. The Bertz CT molecular complexity index is 1570. The number of nitrogens with one attached hydrogen (secondary N) is 1. The summed E-state index contributed by atoms with van der Waals surface area (Å²) in [6.07, 6.45) is 1.47. The molecule has 190 valence electrons. The number of anilines is 1. The first-order valence-corrected chi connectivity index (χ1v) is 13.3. The van der Waals surface area contributed by atoms with Gasteiger partial charge < -0.3 is 10.1 Å². The summed E-state index contributed by atoms with van der Waals surface area (Å²) in [5.41, 5.74) is 2.55. The van der Waals surface area contributed by atoms with Crippen LogP contribution in [0.15, 0.2) is 73.4 Å². The van der Waals surface area contributed by atoms with Crippen molar-refractivity contribution in [2.75, 3.05) is 11.9 Å². The van der Waals surface area contributed by atoms with Gasteiger partial charge in [-0.3, -0.25) is 9.59 Å². The van der Waals surface area contributed by atoms with Crippen LogP contribution >= 0.6 is 43.5 Å². The first-order valence-electron chi connectivity index (χ1n) is 11.4. The summed E-state index contributed by atoms with van der Waals surface area (Å²) >= 11 is 13.1. The number of nitrogens with zero attached hydrogens (tertiary/aromatic N) is 3. The molecule has 0 radical (unpaired) electrons. The third-order valence-electron chi connectivity index (χ3n) is 5.38. The van der Waals surface area contributed by atoms with Gasteiger partial charge in [0.1, 0.15) is 11.6 Å². The Hall–Kier alpha value is -3.01. The summed E-state index contributed by atoms with van der Waals surface area (Å²) in [6.45, 7) is 5.62. The lowest BCUT2D eigenvalue weighted by Gasteiger charge is -2.14. The fraction of sp³-hybridized carbons (Fsp3) is 0.185. The zero-order chi connectivity index (χ0) is 26.7. The number of rotatable bonds is 7. The number of fused-ring (bicyclic) bond motifs is 1. The molecule has 0 aliphatic carbocycles. The summed E-state index contributed by atoms with van der Waals surface area (Å²) in [6, 6.07) is 16.1. The lowest BCUT2D eigenvalue weighted by Crippen LogP contribution is -2.23. The van der Waals surface area contributed by atoms with E-state index in [4.69, 9.17) is 16.3 Å². The van der Waals surface area contributed by atoms with Crippen molar-refractivity contribution in [2.24, 2.45) is 5.10 Å². The Labute approximate surface area is 235 Å². The molecule has 0 aliphatic heterocycles. The van der Waals surface area contributed by atoms with Gasteiger partial charge in [-0.25, -0.2) is 4.98 Å². The maximum absolute atomic E-state index is 13.3. The smallest absolute Gasteiger partial charge is 0.282 e. The highest BCUT2D eigenvalue weighted by Crippen LogP contribution is 2.32. The topological polar surface area (TPSA) is 85.6 Å². The maximum atomic E-state index is 13.3. The van der Waals surface area contributed by atoms with E-state index in [2.05, 4.69) is 47.3 Å². The molecular formula is C27H23Br2ClN4O3. The maximum Gasteiger partial charge on any atom is 0.282 e. The first kappa shape index (κ1) is 27.0. The second-order valence-electron chi connectivity index (χ2n) is 8.66. The third-order valence-corrected chi connectivity index (χ3v) is 6.68. The summed E-state index contributed by atoms with van der Waals surface area (Å²) in [5.74, 6) is 0.487. The molecule has 0 saturated carbocycles. The van der Waals surface area contributed by atoms with E-state index in [9.17, 15) is 9.59 Å². The molecule has 1 heterocycles. The van der Waals surface area contributed by atoms with Crippen molar-refractivity contribution >= 4 is 72.2 Å². The zero-order valence-corrected chi connectivity index (χ0v) is 24.2. The fourth-order valence-electron chi connectivity index (χ4n) is 3.57. The summed E-state index contributed by atoms with van der Waals surface area (Å²) < 4.78 is 8.44. The number of hydrogen-bond acceptors (Lipinski definition) is 5. The van der Waals surface area contributed by atoms with Crippen molar-refractivity contribution in [2.45, 2.75) is 26.7 Å². The molecule has 1 N–H and O–H groups in total. The minimum absolute atomic E-state index is 0.0646. The van der Waals surface area contributed by atoms with Crippen molar-refractivity contribution in [3.63, 3.8) is 0 Å². The number of carbonyl (C=O) groups is 1. The van der Waals surface area contributed by atoms with Gasteiger partial charge in [0.05, 0.1) is 21.6 Å². The van der Waals surface area contributed by atoms with E-state index >= 15 is 0 Å². The number of ether oxygens (including phenoxy) is 1. The standard InChI is InChI=1S/C27H23Br2ClN4O3/c1-15(2)26-33-23-9-6-18(28)11-21(23)27(36)34(26)31-13-17-10-19(30)12-22(29)25(17)37-14-24(35)32-20-7-4-16(3)5-8-20/h4-13,15H,14H2,1-3H3,(H,32,35). The number of amides is 1. The molecular weight excluding hydrogens is 624 g/mol. The average molecular weight is 647 g/mol. The van der Waals surface area contributed by atoms with Crippen LogP contribution in [0.25, 0.3) is 10.9 Å². The van der Waals surface area contributed by atoms with Gasteiger partial charge in [-0.05, 0) is 65.3 Å². The van der Waals surface area contributed by atoms with Gasteiger partial charge in [0.25, 0.3) is 11.5 Å². The Morgan fingerprint density at radius 2 is 1.89 bits per heavy atom. The lowest BCUT2D eigenvalue weighted by molar-refractivity contribution is -0.118. The van der Waals surface area contributed by atoms with Gasteiger partial charge in [0.15, 0.2) is 6.61 Å². The van der Waals surface area contributed by atoms with E-state index < -0.39 is 0 Å². The summed E-state index contributed by atoms with van der Waals surface area (Å²) in [4.78, 5) is 30.5. The van der Waals surface area contributed by atoms with Crippen LogP contribution in [0.4, 0.5) is 5.69 Å². The molecule has 0 aliphatic rings. The van der Waals surface area contributed by atoms with Crippen LogP contribution < -0.4 is 15.6 Å². The second-order valence-corrected chi connectivity index (χ2v) is 10.9. The molecule has 10 heteroatoms. The number of carbonyl (C=O) groups excluding carboxylic acids is 1. The molecule has 0 unspecified atom stereocenters. The Morgan fingerprint density at radius 1 is 1.16 bits per heavy atom. The van der Waals surface area contributed by atoms with Crippen LogP contribution in [0, 0.1) is 6.92 Å². The van der Waals surface area contributed by atoms with Crippen molar-refractivity contribution < 1.29 is 9.53 Å². The molecule has 1 amide bonds. The predicted molar refractivity (Wildman–Crippen MR) is 155 cm³/mol.